The third-order valence-corrected chi connectivity index (χ3v) is 4.34. The molecule has 1 N–H and O–H groups in total. The molecule has 2 heterocycles. The fourth-order valence-corrected chi connectivity index (χ4v) is 3.03. The molecule has 1 fully saturated rings. The highest BCUT2D eigenvalue weighted by Crippen LogP contribution is 2.31. The Morgan fingerprint density at radius 2 is 2.00 bits per heavy atom. The Bertz CT molecular complexity index is 680. The second kappa shape index (κ2) is 6.92. The second-order valence-electron chi connectivity index (χ2n) is 5.86. The molecule has 1 unspecified atom stereocenters. The van der Waals surface area contributed by atoms with Crippen LogP contribution in [0.25, 0.3) is 0 Å². The Morgan fingerprint density at radius 1 is 1.29 bits per heavy atom. The SMILES string of the molecule is COc1cc(OC)cc(N2CCC(N(C)Cc3ccn[nH]3)C2=O)c1. The van der Waals surface area contributed by atoms with Crippen molar-refractivity contribution in [2.75, 3.05) is 32.7 Å². The Hall–Kier alpha value is -2.54. The van der Waals surface area contributed by atoms with Gasteiger partial charge in [-0.2, -0.15) is 5.10 Å². The van der Waals surface area contributed by atoms with Crippen molar-refractivity contribution in [3.63, 3.8) is 0 Å². The maximum Gasteiger partial charge on any atom is 0.244 e. The first-order valence-electron chi connectivity index (χ1n) is 7.85. The first kappa shape index (κ1) is 16.3. The highest BCUT2D eigenvalue weighted by Gasteiger charge is 2.35. The van der Waals surface area contributed by atoms with Gasteiger partial charge in [-0.3, -0.25) is 14.8 Å². The number of aromatic nitrogens is 2. The number of nitrogens with one attached hydrogen (secondary N) is 1. The zero-order chi connectivity index (χ0) is 17.1. The maximum atomic E-state index is 12.9. The van der Waals surface area contributed by atoms with E-state index in [1.165, 1.54) is 0 Å². The van der Waals surface area contributed by atoms with Gasteiger partial charge in [-0.25, -0.2) is 0 Å². The minimum absolute atomic E-state index is 0.0901. The number of rotatable bonds is 6. The van der Waals surface area contributed by atoms with E-state index in [4.69, 9.17) is 9.47 Å². The number of hydrogen-bond donors (Lipinski definition) is 1. The number of H-pyrrole nitrogens is 1. The standard InChI is InChI=1S/C17H22N4O3/c1-20(11-12-4-6-18-19-12)16-5-7-21(17(16)22)13-8-14(23-2)10-15(9-13)24-3/h4,6,8-10,16H,5,7,11H2,1-3H3,(H,18,19). The zero-order valence-corrected chi connectivity index (χ0v) is 14.2. The number of aromatic amines is 1. The van der Waals surface area contributed by atoms with Gasteiger partial charge in [0.05, 0.1) is 25.9 Å². The topological polar surface area (TPSA) is 70.7 Å². The van der Waals surface area contributed by atoms with Gasteiger partial charge in [0.2, 0.25) is 5.91 Å². The van der Waals surface area contributed by atoms with Crippen LogP contribution >= 0.6 is 0 Å². The molecule has 128 valence electrons. The first-order valence-corrected chi connectivity index (χ1v) is 7.85. The number of benzene rings is 1. The number of hydrogen-bond acceptors (Lipinski definition) is 5. The minimum atomic E-state index is -0.148. The van der Waals surface area contributed by atoms with Crippen molar-refractivity contribution in [2.24, 2.45) is 0 Å². The van der Waals surface area contributed by atoms with Crippen molar-refractivity contribution >= 4 is 11.6 Å². The number of methoxy groups -OCH3 is 2. The monoisotopic (exact) mass is 330 g/mol. The van der Waals surface area contributed by atoms with Gasteiger partial charge in [-0.1, -0.05) is 0 Å². The molecule has 24 heavy (non-hydrogen) atoms. The number of carbonyl (C=O) groups excluding carboxylic acids is 1. The average molecular weight is 330 g/mol. The highest BCUT2D eigenvalue weighted by molar-refractivity contribution is 5.99. The van der Waals surface area contributed by atoms with Crippen molar-refractivity contribution in [3.8, 4) is 11.5 Å². The van der Waals surface area contributed by atoms with E-state index in [0.29, 0.717) is 24.6 Å². The molecule has 7 nitrogen and oxygen atoms in total. The molecule has 1 aromatic heterocycles. The Labute approximate surface area is 141 Å². The van der Waals surface area contributed by atoms with Gasteiger partial charge in [-0.15, -0.1) is 0 Å². The smallest absolute Gasteiger partial charge is 0.244 e. The molecule has 0 saturated carbocycles. The van der Waals surface area contributed by atoms with Gasteiger partial charge in [0.1, 0.15) is 11.5 Å². The molecular formula is C17H22N4O3. The van der Waals surface area contributed by atoms with Crippen LogP contribution in [-0.2, 0) is 11.3 Å². The molecule has 0 radical (unpaired) electrons. The van der Waals surface area contributed by atoms with E-state index in [2.05, 4.69) is 10.2 Å². The number of likely N-dealkylation sites (N-methyl/N-ethyl adjacent to an activating group) is 1. The lowest BCUT2D eigenvalue weighted by Gasteiger charge is -2.23. The van der Waals surface area contributed by atoms with Crippen LogP contribution in [0.5, 0.6) is 11.5 Å². The third-order valence-electron chi connectivity index (χ3n) is 4.34. The molecular weight excluding hydrogens is 308 g/mol. The molecule has 0 bridgehead atoms. The largest absolute Gasteiger partial charge is 0.497 e. The second-order valence-corrected chi connectivity index (χ2v) is 5.86. The van der Waals surface area contributed by atoms with Crippen molar-refractivity contribution in [1.29, 1.82) is 0 Å². The molecule has 1 aliphatic heterocycles. The lowest BCUT2D eigenvalue weighted by Crippen LogP contribution is -2.39. The van der Waals surface area contributed by atoms with Gasteiger partial charge in [0, 0.05) is 43.2 Å². The van der Waals surface area contributed by atoms with Crippen molar-refractivity contribution in [2.45, 2.75) is 19.0 Å². The number of nitrogens with zero attached hydrogens (tertiary/aromatic N) is 3. The van der Waals surface area contributed by atoms with Crippen molar-refractivity contribution in [1.82, 2.24) is 15.1 Å². The summed E-state index contributed by atoms with van der Waals surface area (Å²) in [6, 6.07) is 7.28. The molecule has 1 aromatic carbocycles. The van der Waals surface area contributed by atoms with Gasteiger partial charge < -0.3 is 14.4 Å². The van der Waals surface area contributed by atoms with Crippen LogP contribution in [0.4, 0.5) is 5.69 Å². The highest BCUT2D eigenvalue weighted by atomic mass is 16.5. The van der Waals surface area contributed by atoms with Crippen LogP contribution in [0.3, 0.4) is 0 Å². The summed E-state index contributed by atoms with van der Waals surface area (Å²) in [6.45, 7) is 1.33. The molecule has 3 rings (SSSR count). The maximum absolute atomic E-state index is 12.9. The molecule has 1 amide bonds. The summed E-state index contributed by atoms with van der Waals surface area (Å²) in [5.74, 6) is 1.44. The lowest BCUT2D eigenvalue weighted by molar-refractivity contribution is -0.121. The Balaban J connectivity index is 1.76. The first-order chi connectivity index (χ1) is 11.6. The minimum Gasteiger partial charge on any atom is -0.497 e. The third kappa shape index (κ3) is 3.21. The zero-order valence-electron chi connectivity index (χ0n) is 14.2. The van der Waals surface area contributed by atoms with Crippen LogP contribution in [0.2, 0.25) is 0 Å². The van der Waals surface area contributed by atoms with Crippen molar-refractivity contribution in [3.05, 3.63) is 36.2 Å². The molecule has 0 spiro atoms. The van der Waals surface area contributed by atoms with Gasteiger partial charge in [0.15, 0.2) is 0 Å². The van der Waals surface area contributed by atoms with E-state index in [1.54, 1.807) is 31.4 Å². The summed E-state index contributed by atoms with van der Waals surface area (Å²) in [6.07, 6.45) is 2.50. The number of ether oxygens (including phenoxy) is 2. The summed E-state index contributed by atoms with van der Waals surface area (Å²) in [7, 11) is 5.16. The quantitative estimate of drug-likeness (QED) is 0.872. The predicted molar refractivity (Wildman–Crippen MR) is 90.4 cm³/mol. The summed E-state index contributed by atoms with van der Waals surface area (Å²) < 4.78 is 10.6. The summed E-state index contributed by atoms with van der Waals surface area (Å²) >= 11 is 0. The molecule has 2 aromatic rings. The summed E-state index contributed by atoms with van der Waals surface area (Å²) in [5.41, 5.74) is 1.79. The summed E-state index contributed by atoms with van der Waals surface area (Å²) in [4.78, 5) is 16.7. The predicted octanol–water partition coefficient (Wildman–Crippen LogP) is 1.66. The Morgan fingerprint density at radius 3 is 2.58 bits per heavy atom. The van der Waals surface area contributed by atoms with E-state index in [1.807, 2.05) is 30.1 Å². The van der Waals surface area contributed by atoms with Gasteiger partial charge in [0.25, 0.3) is 0 Å². The molecule has 1 aliphatic rings. The molecule has 1 atom stereocenters. The number of anilines is 1. The van der Waals surface area contributed by atoms with Gasteiger partial charge >= 0.3 is 0 Å². The normalized spacial score (nSPS) is 17.6. The fraction of sp³-hybridized carbons (Fsp3) is 0.412. The van der Waals surface area contributed by atoms with Crippen LogP contribution < -0.4 is 14.4 Å². The fourth-order valence-electron chi connectivity index (χ4n) is 3.03. The lowest BCUT2D eigenvalue weighted by atomic mass is 10.2. The average Bonchev–Trinajstić information content (AvgIpc) is 3.23. The van der Waals surface area contributed by atoms with Crippen LogP contribution in [0.1, 0.15) is 12.1 Å². The molecule has 7 heteroatoms. The number of carbonyl (C=O) groups is 1. The molecule has 1 saturated heterocycles. The van der Waals surface area contributed by atoms with E-state index < -0.39 is 0 Å². The van der Waals surface area contributed by atoms with E-state index >= 15 is 0 Å². The number of amides is 1. The van der Waals surface area contributed by atoms with E-state index in [-0.39, 0.29) is 11.9 Å². The van der Waals surface area contributed by atoms with Crippen molar-refractivity contribution < 1.29 is 14.3 Å². The van der Waals surface area contributed by atoms with Crippen LogP contribution in [0, 0.1) is 0 Å². The molecule has 0 aliphatic carbocycles. The van der Waals surface area contributed by atoms with E-state index in [0.717, 1.165) is 17.8 Å². The Kier molecular flexibility index (Phi) is 4.71. The summed E-state index contributed by atoms with van der Waals surface area (Å²) in [5, 5.41) is 6.88. The van der Waals surface area contributed by atoms with Gasteiger partial charge in [-0.05, 0) is 19.5 Å². The van der Waals surface area contributed by atoms with Crippen LogP contribution in [0.15, 0.2) is 30.5 Å². The van der Waals surface area contributed by atoms with E-state index in [9.17, 15) is 4.79 Å². The van der Waals surface area contributed by atoms with Crippen LogP contribution in [-0.4, -0.2) is 54.9 Å².